The number of carboxylic acids is 1. The number of hydrogen-bond acceptors (Lipinski definition) is 4. The summed E-state index contributed by atoms with van der Waals surface area (Å²) in [5.41, 5.74) is 0.549. The molecule has 2 heterocycles. The van der Waals surface area contributed by atoms with Gasteiger partial charge < -0.3 is 10.0 Å². The first kappa shape index (κ1) is 14.2. The second-order valence-corrected chi connectivity index (χ2v) is 5.33. The van der Waals surface area contributed by atoms with E-state index in [0.717, 1.165) is 4.90 Å². The van der Waals surface area contributed by atoms with Crippen molar-refractivity contribution in [1.82, 2.24) is 9.80 Å². The SMILES string of the molecule is O=C(O)[C@@H]1CCCN1C(=O)CN1C(=O)c2ccccc2C1=O. The van der Waals surface area contributed by atoms with Crippen molar-refractivity contribution < 1.29 is 24.3 Å². The Labute approximate surface area is 126 Å². The highest BCUT2D eigenvalue weighted by molar-refractivity contribution is 6.22. The lowest BCUT2D eigenvalue weighted by molar-refractivity contribution is -0.148. The minimum Gasteiger partial charge on any atom is -0.480 e. The largest absolute Gasteiger partial charge is 0.480 e. The van der Waals surface area contributed by atoms with E-state index < -0.39 is 36.3 Å². The normalized spacial score (nSPS) is 20.5. The monoisotopic (exact) mass is 302 g/mol. The number of amides is 3. The van der Waals surface area contributed by atoms with E-state index in [2.05, 4.69) is 0 Å². The van der Waals surface area contributed by atoms with E-state index in [1.54, 1.807) is 12.1 Å². The number of nitrogens with zero attached hydrogens (tertiary/aromatic N) is 2. The van der Waals surface area contributed by atoms with Crippen molar-refractivity contribution in [3.05, 3.63) is 35.4 Å². The first-order valence-electron chi connectivity index (χ1n) is 6.98. The topological polar surface area (TPSA) is 95.0 Å². The molecule has 0 radical (unpaired) electrons. The van der Waals surface area contributed by atoms with E-state index >= 15 is 0 Å². The molecule has 7 nitrogen and oxygen atoms in total. The summed E-state index contributed by atoms with van der Waals surface area (Å²) in [7, 11) is 0. The Kier molecular flexibility index (Phi) is 3.40. The molecule has 0 bridgehead atoms. The molecule has 3 amide bonds. The fourth-order valence-corrected chi connectivity index (χ4v) is 2.93. The van der Waals surface area contributed by atoms with Crippen molar-refractivity contribution in [2.45, 2.75) is 18.9 Å². The first-order chi connectivity index (χ1) is 10.5. The molecule has 22 heavy (non-hydrogen) atoms. The molecule has 2 aliphatic rings. The molecule has 1 atom stereocenters. The van der Waals surface area contributed by atoms with Gasteiger partial charge in [-0.3, -0.25) is 19.3 Å². The molecular weight excluding hydrogens is 288 g/mol. The van der Waals surface area contributed by atoms with Gasteiger partial charge >= 0.3 is 5.97 Å². The number of carbonyl (C=O) groups excluding carboxylic acids is 3. The van der Waals surface area contributed by atoms with Gasteiger partial charge in [-0.2, -0.15) is 0 Å². The van der Waals surface area contributed by atoms with Crippen LogP contribution in [0.2, 0.25) is 0 Å². The number of likely N-dealkylation sites (tertiary alicyclic amines) is 1. The summed E-state index contributed by atoms with van der Waals surface area (Å²) in [5, 5.41) is 9.10. The van der Waals surface area contributed by atoms with Crippen LogP contribution < -0.4 is 0 Å². The minimum atomic E-state index is -1.06. The number of hydrogen-bond donors (Lipinski definition) is 1. The number of carboxylic acid groups (broad SMARTS) is 1. The maximum absolute atomic E-state index is 12.3. The van der Waals surface area contributed by atoms with Crippen LogP contribution in [0.5, 0.6) is 0 Å². The van der Waals surface area contributed by atoms with Gasteiger partial charge in [-0.25, -0.2) is 4.79 Å². The van der Waals surface area contributed by atoms with Gasteiger partial charge in [-0.05, 0) is 25.0 Å². The van der Waals surface area contributed by atoms with Crippen molar-refractivity contribution in [3.63, 3.8) is 0 Å². The second kappa shape index (κ2) is 5.25. The van der Waals surface area contributed by atoms with Crippen LogP contribution in [0.1, 0.15) is 33.6 Å². The van der Waals surface area contributed by atoms with Gasteiger partial charge in [0.2, 0.25) is 5.91 Å². The second-order valence-electron chi connectivity index (χ2n) is 5.33. The standard InChI is InChI=1S/C15H14N2O5/c18-12(16-7-3-6-11(16)15(21)22)8-17-13(19)9-4-1-2-5-10(9)14(17)20/h1-2,4-5,11H,3,6-8H2,(H,21,22)/t11-/m0/s1. The average Bonchev–Trinajstić information content (AvgIpc) is 3.08. The van der Waals surface area contributed by atoms with Crippen molar-refractivity contribution >= 4 is 23.7 Å². The van der Waals surface area contributed by atoms with Crippen molar-refractivity contribution in [2.75, 3.05) is 13.1 Å². The fourth-order valence-electron chi connectivity index (χ4n) is 2.93. The molecule has 0 spiro atoms. The lowest BCUT2D eigenvalue weighted by atomic mass is 10.1. The third-order valence-corrected chi connectivity index (χ3v) is 4.03. The number of fused-ring (bicyclic) bond motifs is 1. The van der Waals surface area contributed by atoms with E-state index in [4.69, 9.17) is 5.11 Å². The molecular formula is C15H14N2O5. The Bertz CT molecular complexity index is 649. The van der Waals surface area contributed by atoms with Crippen LogP contribution in [-0.2, 0) is 9.59 Å². The maximum atomic E-state index is 12.3. The third kappa shape index (κ3) is 2.14. The Hall–Kier alpha value is -2.70. The van der Waals surface area contributed by atoms with Crippen LogP contribution in [0.15, 0.2) is 24.3 Å². The van der Waals surface area contributed by atoms with Crippen molar-refractivity contribution in [2.24, 2.45) is 0 Å². The lowest BCUT2D eigenvalue weighted by Gasteiger charge is -2.23. The Morgan fingerprint density at radius 3 is 2.27 bits per heavy atom. The molecule has 1 fully saturated rings. The van der Waals surface area contributed by atoms with Crippen LogP contribution in [0.3, 0.4) is 0 Å². The van der Waals surface area contributed by atoms with Crippen LogP contribution in [0.4, 0.5) is 0 Å². The summed E-state index contributed by atoms with van der Waals surface area (Å²) in [6, 6.07) is 5.50. The quantitative estimate of drug-likeness (QED) is 0.813. The molecule has 3 rings (SSSR count). The Morgan fingerprint density at radius 1 is 1.14 bits per heavy atom. The molecule has 1 N–H and O–H groups in total. The summed E-state index contributed by atoms with van der Waals surface area (Å²) < 4.78 is 0. The molecule has 0 saturated carbocycles. The van der Waals surface area contributed by atoms with Gasteiger partial charge in [0.05, 0.1) is 11.1 Å². The van der Waals surface area contributed by atoms with Gasteiger partial charge in [-0.15, -0.1) is 0 Å². The zero-order valence-corrected chi connectivity index (χ0v) is 11.7. The lowest BCUT2D eigenvalue weighted by Crippen LogP contribution is -2.46. The summed E-state index contributed by atoms with van der Waals surface area (Å²) in [5.74, 6) is -2.60. The van der Waals surface area contributed by atoms with Crippen LogP contribution in [0, 0.1) is 0 Å². The number of rotatable bonds is 3. The maximum Gasteiger partial charge on any atom is 0.326 e. The molecule has 1 aromatic rings. The molecule has 0 aromatic heterocycles. The summed E-state index contributed by atoms with van der Waals surface area (Å²) >= 11 is 0. The van der Waals surface area contributed by atoms with Crippen molar-refractivity contribution in [1.29, 1.82) is 0 Å². The summed E-state index contributed by atoms with van der Waals surface area (Å²) in [6.45, 7) is -0.0882. The number of imide groups is 1. The molecule has 114 valence electrons. The van der Waals surface area contributed by atoms with Crippen molar-refractivity contribution in [3.8, 4) is 0 Å². The highest BCUT2D eigenvalue weighted by Gasteiger charge is 2.40. The molecule has 0 unspecified atom stereocenters. The Balaban J connectivity index is 1.77. The first-order valence-corrected chi connectivity index (χ1v) is 6.98. The third-order valence-electron chi connectivity index (χ3n) is 4.03. The number of aliphatic carboxylic acids is 1. The van der Waals surface area contributed by atoms with Crippen LogP contribution in [0.25, 0.3) is 0 Å². The predicted octanol–water partition coefficient (Wildman–Crippen LogP) is 0.358. The van der Waals surface area contributed by atoms with Crippen LogP contribution in [-0.4, -0.2) is 57.7 Å². The zero-order valence-electron chi connectivity index (χ0n) is 11.7. The summed E-state index contributed by atoms with van der Waals surface area (Å²) in [6.07, 6.45) is 0.994. The van der Waals surface area contributed by atoms with Crippen LogP contribution >= 0.6 is 0 Å². The molecule has 0 aliphatic carbocycles. The number of benzene rings is 1. The molecule has 1 saturated heterocycles. The zero-order chi connectivity index (χ0) is 15.9. The van der Waals surface area contributed by atoms with Gasteiger partial charge in [0, 0.05) is 6.54 Å². The molecule has 2 aliphatic heterocycles. The Morgan fingerprint density at radius 2 is 1.73 bits per heavy atom. The summed E-state index contributed by atoms with van der Waals surface area (Å²) in [4.78, 5) is 49.9. The highest BCUT2D eigenvalue weighted by atomic mass is 16.4. The van der Waals surface area contributed by atoms with E-state index in [-0.39, 0.29) is 11.1 Å². The molecule has 7 heteroatoms. The van der Waals surface area contributed by atoms with E-state index in [0.29, 0.717) is 19.4 Å². The molecule has 1 aromatic carbocycles. The van der Waals surface area contributed by atoms with E-state index in [1.165, 1.54) is 17.0 Å². The van der Waals surface area contributed by atoms with Gasteiger partial charge in [0.1, 0.15) is 12.6 Å². The van der Waals surface area contributed by atoms with E-state index in [9.17, 15) is 19.2 Å². The average molecular weight is 302 g/mol. The highest BCUT2D eigenvalue weighted by Crippen LogP contribution is 2.23. The van der Waals surface area contributed by atoms with Gasteiger partial charge in [-0.1, -0.05) is 12.1 Å². The van der Waals surface area contributed by atoms with Gasteiger partial charge in [0.25, 0.3) is 11.8 Å². The number of carbonyl (C=O) groups is 4. The predicted molar refractivity (Wildman–Crippen MR) is 74.2 cm³/mol. The fraction of sp³-hybridized carbons (Fsp3) is 0.333. The van der Waals surface area contributed by atoms with Gasteiger partial charge in [0.15, 0.2) is 0 Å². The minimum absolute atomic E-state index is 0.275. The van der Waals surface area contributed by atoms with E-state index in [1.807, 2.05) is 0 Å². The smallest absolute Gasteiger partial charge is 0.326 e.